The summed E-state index contributed by atoms with van der Waals surface area (Å²) in [6.07, 6.45) is 0. The molecule has 1 aromatic heterocycles. The number of rotatable bonds is 1. The van der Waals surface area contributed by atoms with Crippen molar-refractivity contribution in [2.45, 2.75) is 6.92 Å². The van der Waals surface area contributed by atoms with E-state index in [-0.39, 0.29) is 0 Å². The van der Waals surface area contributed by atoms with Gasteiger partial charge in [-0.25, -0.2) is 0 Å². The highest BCUT2D eigenvalue weighted by Gasteiger charge is 2.03. The Balaban J connectivity index is 2.57. The molecule has 0 amide bonds. The summed E-state index contributed by atoms with van der Waals surface area (Å²) >= 11 is 2.32. The van der Waals surface area contributed by atoms with Crippen molar-refractivity contribution in [1.29, 1.82) is 0 Å². The van der Waals surface area contributed by atoms with Crippen LogP contribution in [0.2, 0.25) is 0 Å². The Morgan fingerprint density at radius 3 is 2.43 bits per heavy atom. The Morgan fingerprint density at radius 1 is 1.00 bits per heavy atom. The van der Waals surface area contributed by atoms with E-state index in [1.807, 2.05) is 31.2 Å². The van der Waals surface area contributed by atoms with E-state index in [0.717, 1.165) is 11.4 Å². The van der Waals surface area contributed by atoms with Crippen LogP contribution in [0.5, 0.6) is 0 Å². The number of benzene rings is 1. The van der Waals surface area contributed by atoms with Gasteiger partial charge in [0.05, 0.1) is 5.69 Å². The molecular formula is C12H10IN. The zero-order chi connectivity index (χ0) is 9.97. The summed E-state index contributed by atoms with van der Waals surface area (Å²) in [6.45, 7) is 2.02. The van der Waals surface area contributed by atoms with E-state index in [1.54, 1.807) is 0 Å². The van der Waals surface area contributed by atoms with Gasteiger partial charge in [0.25, 0.3) is 0 Å². The van der Waals surface area contributed by atoms with E-state index in [0.29, 0.717) is 0 Å². The monoisotopic (exact) mass is 295 g/mol. The predicted octanol–water partition coefficient (Wildman–Crippen LogP) is 3.66. The number of aromatic nitrogens is 1. The molecule has 1 nitrogen and oxygen atoms in total. The minimum absolute atomic E-state index is 1.06. The molecule has 2 aromatic rings. The van der Waals surface area contributed by atoms with Crippen LogP contribution in [-0.4, -0.2) is 4.98 Å². The van der Waals surface area contributed by atoms with Gasteiger partial charge >= 0.3 is 0 Å². The maximum atomic E-state index is 4.54. The smallest absolute Gasteiger partial charge is 0.0838 e. The highest BCUT2D eigenvalue weighted by molar-refractivity contribution is 14.1. The van der Waals surface area contributed by atoms with Crippen LogP contribution >= 0.6 is 22.6 Å². The predicted molar refractivity (Wildman–Crippen MR) is 67.1 cm³/mol. The summed E-state index contributed by atoms with van der Waals surface area (Å²) in [6, 6.07) is 14.4. The molecule has 0 bridgehead atoms. The molecule has 1 aromatic carbocycles. The number of halogens is 1. The number of aryl methyl sites for hydroxylation is 1. The van der Waals surface area contributed by atoms with E-state index >= 15 is 0 Å². The largest absolute Gasteiger partial charge is 0.252 e. The van der Waals surface area contributed by atoms with Gasteiger partial charge in [0, 0.05) is 14.8 Å². The van der Waals surface area contributed by atoms with Crippen LogP contribution in [0.3, 0.4) is 0 Å². The van der Waals surface area contributed by atoms with Gasteiger partial charge in [-0.1, -0.05) is 30.3 Å². The molecule has 0 radical (unpaired) electrons. The SMILES string of the molecule is Cc1ccc(I)c(-c2ccccc2)n1. The van der Waals surface area contributed by atoms with Crippen molar-refractivity contribution >= 4 is 22.6 Å². The lowest BCUT2D eigenvalue weighted by Gasteiger charge is -2.04. The molecule has 70 valence electrons. The van der Waals surface area contributed by atoms with Crippen molar-refractivity contribution in [1.82, 2.24) is 4.98 Å². The molecule has 0 fully saturated rings. The van der Waals surface area contributed by atoms with Crippen LogP contribution in [0.1, 0.15) is 5.69 Å². The van der Waals surface area contributed by atoms with Crippen molar-refractivity contribution < 1.29 is 0 Å². The lowest BCUT2D eigenvalue weighted by Crippen LogP contribution is -1.89. The maximum absolute atomic E-state index is 4.54. The lowest BCUT2D eigenvalue weighted by atomic mass is 10.1. The van der Waals surface area contributed by atoms with Crippen LogP contribution in [0.15, 0.2) is 42.5 Å². The third-order valence-corrected chi connectivity index (χ3v) is 2.90. The quantitative estimate of drug-likeness (QED) is 0.732. The average Bonchev–Trinajstić information content (AvgIpc) is 2.23. The zero-order valence-corrected chi connectivity index (χ0v) is 10.0. The number of hydrogen-bond donors (Lipinski definition) is 0. The standard InChI is InChI=1S/C12H10IN/c1-9-7-8-11(13)12(14-9)10-5-3-2-4-6-10/h2-8H,1H3. The fraction of sp³-hybridized carbons (Fsp3) is 0.0833. The van der Waals surface area contributed by atoms with Gasteiger partial charge in [-0.3, -0.25) is 4.98 Å². The summed E-state index contributed by atoms with van der Waals surface area (Å²) in [7, 11) is 0. The van der Waals surface area contributed by atoms with Crippen molar-refractivity contribution in [3.8, 4) is 11.3 Å². The van der Waals surface area contributed by atoms with E-state index in [9.17, 15) is 0 Å². The summed E-state index contributed by atoms with van der Waals surface area (Å²) in [5.41, 5.74) is 3.32. The van der Waals surface area contributed by atoms with Crippen molar-refractivity contribution in [2.24, 2.45) is 0 Å². The van der Waals surface area contributed by atoms with Gasteiger partial charge in [-0.15, -0.1) is 0 Å². The Morgan fingerprint density at radius 2 is 1.71 bits per heavy atom. The summed E-state index contributed by atoms with van der Waals surface area (Å²) in [5.74, 6) is 0. The molecule has 0 saturated heterocycles. The van der Waals surface area contributed by atoms with Gasteiger partial charge in [0.15, 0.2) is 0 Å². The van der Waals surface area contributed by atoms with Crippen molar-refractivity contribution in [2.75, 3.05) is 0 Å². The maximum Gasteiger partial charge on any atom is 0.0838 e. The second-order valence-electron chi connectivity index (χ2n) is 3.15. The molecule has 0 N–H and O–H groups in total. The Hall–Kier alpha value is -0.900. The van der Waals surface area contributed by atoms with E-state index in [1.165, 1.54) is 9.13 Å². The molecular weight excluding hydrogens is 285 g/mol. The second-order valence-corrected chi connectivity index (χ2v) is 4.31. The average molecular weight is 295 g/mol. The Bertz CT molecular complexity index is 437. The van der Waals surface area contributed by atoms with Gasteiger partial charge in [-0.2, -0.15) is 0 Å². The molecule has 0 spiro atoms. The Labute approximate surface area is 97.3 Å². The minimum Gasteiger partial charge on any atom is -0.252 e. The second kappa shape index (κ2) is 4.09. The molecule has 0 unspecified atom stereocenters. The highest BCUT2D eigenvalue weighted by atomic mass is 127. The first-order chi connectivity index (χ1) is 6.77. The van der Waals surface area contributed by atoms with Crippen LogP contribution in [-0.2, 0) is 0 Å². The molecule has 0 atom stereocenters. The number of nitrogens with zero attached hydrogens (tertiary/aromatic N) is 1. The van der Waals surface area contributed by atoms with Gasteiger partial charge in [0.1, 0.15) is 0 Å². The van der Waals surface area contributed by atoms with E-state index in [2.05, 4.69) is 45.8 Å². The summed E-state index contributed by atoms with van der Waals surface area (Å²) in [4.78, 5) is 4.54. The first-order valence-electron chi connectivity index (χ1n) is 4.46. The molecule has 14 heavy (non-hydrogen) atoms. The molecule has 0 aliphatic carbocycles. The molecule has 0 aliphatic rings. The fourth-order valence-corrected chi connectivity index (χ4v) is 1.95. The van der Waals surface area contributed by atoms with Gasteiger partial charge in [-0.05, 0) is 41.6 Å². The van der Waals surface area contributed by atoms with E-state index in [4.69, 9.17) is 0 Å². The highest BCUT2D eigenvalue weighted by Crippen LogP contribution is 2.22. The lowest BCUT2D eigenvalue weighted by molar-refractivity contribution is 1.19. The first-order valence-corrected chi connectivity index (χ1v) is 5.54. The Kier molecular flexibility index (Phi) is 2.82. The van der Waals surface area contributed by atoms with Crippen LogP contribution in [0.4, 0.5) is 0 Å². The van der Waals surface area contributed by atoms with Crippen LogP contribution < -0.4 is 0 Å². The third kappa shape index (κ3) is 1.95. The molecule has 2 rings (SSSR count). The summed E-state index contributed by atoms with van der Waals surface area (Å²) in [5, 5.41) is 0. The summed E-state index contributed by atoms with van der Waals surface area (Å²) < 4.78 is 1.19. The molecule has 1 heterocycles. The molecule has 0 saturated carbocycles. The topological polar surface area (TPSA) is 12.9 Å². The fourth-order valence-electron chi connectivity index (χ4n) is 1.34. The van der Waals surface area contributed by atoms with Crippen LogP contribution in [0.25, 0.3) is 11.3 Å². The van der Waals surface area contributed by atoms with Gasteiger partial charge < -0.3 is 0 Å². The third-order valence-electron chi connectivity index (χ3n) is 2.03. The van der Waals surface area contributed by atoms with Crippen molar-refractivity contribution in [3.63, 3.8) is 0 Å². The normalized spacial score (nSPS) is 10.1. The zero-order valence-electron chi connectivity index (χ0n) is 7.87. The number of hydrogen-bond acceptors (Lipinski definition) is 1. The number of pyridine rings is 1. The van der Waals surface area contributed by atoms with Crippen LogP contribution in [0, 0.1) is 10.5 Å². The minimum atomic E-state index is 1.06. The van der Waals surface area contributed by atoms with Crippen molar-refractivity contribution in [3.05, 3.63) is 51.7 Å². The molecule has 0 aliphatic heterocycles. The first kappa shape index (κ1) is 9.65. The molecule has 2 heteroatoms. The van der Waals surface area contributed by atoms with E-state index < -0.39 is 0 Å². The van der Waals surface area contributed by atoms with Gasteiger partial charge in [0.2, 0.25) is 0 Å².